The Labute approximate surface area is 157 Å². The van der Waals surface area contributed by atoms with Gasteiger partial charge < -0.3 is 10.6 Å². The lowest BCUT2D eigenvalue weighted by Gasteiger charge is -2.20. The SMILES string of the molecule is CS(=O)(=O)Nc1ccc(-c2ccc(C(=O)N[C@@H]3C[C@H]4CC[C@@H]3N4)s2)cc1. The first-order valence-electron chi connectivity index (χ1n) is 8.62. The van der Waals surface area contributed by atoms with Crippen LogP contribution in [0.3, 0.4) is 0 Å². The maximum atomic E-state index is 12.5. The van der Waals surface area contributed by atoms with E-state index in [0.717, 1.165) is 29.5 Å². The van der Waals surface area contributed by atoms with E-state index in [1.54, 1.807) is 12.1 Å². The Morgan fingerprint density at radius 2 is 1.92 bits per heavy atom. The molecule has 3 heterocycles. The molecule has 0 aliphatic carbocycles. The van der Waals surface area contributed by atoms with E-state index in [-0.39, 0.29) is 11.9 Å². The third-order valence-corrected chi connectivity index (χ3v) is 6.66. The Hall–Kier alpha value is -1.90. The lowest BCUT2D eigenvalue weighted by molar-refractivity contribution is 0.0935. The second kappa shape index (κ2) is 6.68. The Kier molecular flexibility index (Phi) is 4.50. The molecular formula is C18H21N3O3S2. The van der Waals surface area contributed by atoms with Gasteiger partial charge in [-0.2, -0.15) is 0 Å². The molecule has 26 heavy (non-hydrogen) atoms. The molecule has 4 rings (SSSR count). The smallest absolute Gasteiger partial charge is 0.261 e. The first-order valence-corrected chi connectivity index (χ1v) is 11.3. The molecule has 1 aromatic heterocycles. The molecule has 3 N–H and O–H groups in total. The number of fused-ring (bicyclic) bond motifs is 2. The molecule has 2 aliphatic heterocycles. The van der Waals surface area contributed by atoms with E-state index in [1.165, 1.54) is 17.8 Å². The van der Waals surface area contributed by atoms with Gasteiger partial charge in [0.1, 0.15) is 0 Å². The first kappa shape index (κ1) is 17.5. The maximum absolute atomic E-state index is 12.5. The number of carbonyl (C=O) groups is 1. The summed E-state index contributed by atoms with van der Waals surface area (Å²) in [7, 11) is -3.28. The number of thiophene rings is 1. The molecule has 2 aromatic rings. The molecule has 6 nitrogen and oxygen atoms in total. The normalized spacial score (nSPS) is 24.6. The minimum absolute atomic E-state index is 0.0176. The average Bonchev–Trinajstić information content (AvgIpc) is 3.30. The quantitative estimate of drug-likeness (QED) is 0.730. The van der Waals surface area contributed by atoms with Gasteiger partial charge in [0, 0.05) is 28.7 Å². The van der Waals surface area contributed by atoms with Gasteiger partial charge in [-0.05, 0) is 49.1 Å². The van der Waals surface area contributed by atoms with Crippen molar-refractivity contribution in [3.05, 3.63) is 41.3 Å². The molecule has 1 amide bonds. The van der Waals surface area contributed by atoms with Gasteiger partial charge in [-0.1, -0.05) is 12.1 Å². The lowest BCUT2D eigenvalue weighted by atomic mass is 9.95. The molecule has 2 aliphatic rings. The Morgan fingerprint density at radius 1 is 1.15 bits per heavy atom. The molecule has 0 unspecified atom stereocenters. The van der Waals surface area contributed by atoms with Crippen LogP contribution in [-0.4, -0.2) is 38.7 Å². The van der Waals surface area contributed by atoms with Crippen molar-refractivity contribution < 1.29 is 13.2 Å². The predicted molar refractivity (Wildman–Crippen MR) is 104 cm³/mol. The molecule has 2 saturated heterocycles. The summed E-state index contributed by atoms with van der Waals surface area (Å²) in [5, 5.41) is 6.69. The van der Waals surface area contributed by atoms with Crippen molar-refractivity contribution in [1.82, 2.24) is 10.6 Å². The Bertz CT molecular complexity index is 921. The zero-order valence-electron chi connectivity index (χ0n) is 14.4. The number of amides is 1. The Morgan fingerprint density at radius 3 is 2.54 bits per heavy atom. The highest BCUT2D eigenvalue weighted by atomic mass is 32.2. The topological polar surface area (TPSA) is 87.3 Å². The van der Waals surface area contributed by atoms with Crippen molar-refractivity contribution in [2.24, 2.45) is 0 Å². The summed E-state index contributed by atoms with van der Waals surface area (Å²) < 4.78 is 25.0. The summed E-state index contributed by atoms with van der Waals surface area (Å²) in [5.41, 5.74) is 1.48. The summed E-state index contributed by atoms with van der Waals surface area (Å²) in [6.07, 6.45) is 4.49. The van der Waals surface area contributed by atoms with Gasteiger partial charge in [-0.3, -0.25) is 9.52 Å². The molecule has 8 heteroatoms. The summed E-state index contributed by atoms with van der Waals surface area (Å²) >= 11 is 1.45. The van der Waals surface area contributed by atoms with Crippen LogP contribution in [0.1, 0.15) is 28.9 Å². The van der Waals surface area contributed by atoms with Gasteiger partial charge in [0.05, 0.1) is 11.1 Å². The number of hydrogen-bond donors (Lipinski definition) is 3. The average molecular weight is 392 g/mol. The summed E-state index contributed by atoms with van der Waals surface area (Å²) in [6.45, 7) is 0. The fraction of sp³-hybridized carbons (Fsp3) is 0.389. The molecule has 0 saturated carbocycles. The number of sulfonamides is 1. The minimum Gasteiger partial charge on any atom is -0.347 e. The molecule has 138 valence electrons. The van der Waals surface area contributed by atoms with E-state index in [4.69, 9.17) is 0 Å². The van der Waals surface area contributed by atoms with Gasteiger partial charge in [0.2, 0.25) is 10.0 Å². The molecule has 2 fully saturated rings. The highest BCUT2D eigenvalue weighted by molar-refractivity contribution is 7.92. The van der Waals surface area contributed by atoms with Crippen molar-refractivity contribution in [1.29, 1.82) is 0 Å². The fourth-order valence-corrected chi connectivity index (χ4v) is 5.23. The third-order valence-electron chi connectivity index (χ3n) is 4.92. The standard InChI is InChI=1S/C18H21N3O3S2/c1-26(23,24)21-12-4-2-11(3-5-12)16-8-9-17(25-16)18(22)20-15-10-13-6-7-14(15)19-13/h2-5,8-9,13-15,19,21H,6-7,10H2,1H3,(H,20,22)/t13-,14+,15-/m1/s1. The molecule has 3 atom stereocenters. The van der Waals surface area contributed by atoms with Crippen molar-refractivity contribution in [3.8, 4) is 10.4 Å². The van der Waals surface area contributed by atoms with E-state index in [2.05, 4.69) is 15.4 Å². The summed E-state index contributed by atoms with van der Waals surface area (Å²) in [4.78, 5) is 14.2. The van der Waals surface area contributed by atoms with Crippen LogP contribution in [0.4, 0.5) is 5.69 Å². The second-order valence-corrected chi connectivity index (χ2v) is 9.81. The molecule has 1 aromatic carbocycles. The number of nitrogens with one attached hydrogen (secondary N) is 3. The summed E-state index contributed by atoms with van der Waals surface area (Å²) in [5.74, 6) is -0.0176. The van der Waals surface area contributed by atoms with Crippen LogP contribution in [0.25, 0.3) is 10.4 Å². The van der Waals surface area contributed by atoms with Crippen LogP contribution >= 0.6 is 11.3 Å². The van der Waals surface area contributed by atoms with E-state index in [1.807, 2.05) is 24.3 Å². The lowest BCUT2D eigenvalue weighted by Crippen LogP contribution is -2.42. The van der Waals surface area contributed by atoms with Crippen LogP contribution in [0.5, 0.6) is 0 Å². The van der Waals surface area contributed by atoms with E-state index >= 15 is 0 Å². The van der Waals surface area contributed by atoms with E-state index < -0.39 is 10.0 Å². The second-order valence-electron chi connectivity index (χ2n) is 6.98. The van der Waals surface area contributed by atoms with E-state index in [9.17, 15) is 13.2 Å². The largest absolute Gasteiger partial charge is 0.347 e. The van der Waals surface area contributed by atoms with Crippen molar-refractivity contribution >= 4 is 33.0 Å². The molecular weight excluding hydrogens is 370 g/mol. The summed E-state index contributed by atoms with van der Waals surface area (Å²) in [6, 6.07) is 12.1. The van der Waals surface area contributed by atoms with Gasteiger partial charge in [0.25, 0.3) is 5.91 Å². The third kappa shape index (κ3) is 3.77. The monoisotopic (exact) mass is 391 g/mol. The van der Waals surface area contributed by atoms with Crippen LogP contribution < -0.4 is 15.4 Å². The Balaban J connectivity index is 1.43. The van der Waals surface area contributed by atoms with Crippen molar-refractivity contribution in [2.45, 2.75) is 37.4 Å². The maximum Gasteiger partial charge on any atom is 0.261 e. The number of benzene rings is 1. The van der Waals surface area contributed by atoms with Crippen LogP contribution in [-0.2, 0) is 10.0 Å². The molecule has 2 bridgehead atoms. The zero-order valence-corrected chi connectivity index (χ0v) is 16.0. The van der Waals surface area contributed by atoms with Crippen LogP contribution in [0.15, 0.2) is 36.4 Å². The van der Waals surface area contributed by atoms with Gasteiger partial charge in [0.15, 0.2) is 0 Å². The zero-order chi connectivity index (χ0) is 18.3. The number of rotatable bonds is 5. The van der Waals surface area contributed by atoms with Gasteiger partial charge in [-0.25, -0.2) is 8.42 Å². The number of hydrogen-bond acceptors (Lipinski definition) is 5. The highest BCUT2D eigenvalue weighted by Crippen LogP contribution is 2.31. The predicted octanol–water partition coefficient (Wildman–Crippen LogP) is 2.41. The molecule has 0 spiro atoms. The molecule has 0 radical (unpaired) electrons. The first-order chi connectivity index (χ1) is 12.4. The van der Waals surface area contributed by atoms with Crippen molar-refractivity contribution in [3.63, 3.8) is 0 Å². The van der Waals surface area contributed by atoms with Crippen molar-refractivity contribution in [2.75, 3.05) is 11.0 Å². The van der Waals surface area contributed by atoms with Gasteiger partial charge in [-0.15, -0.1) is 11.3 Å². The van der Waals surface area contributed by atoms with Gasteiger partial charge >= 0.3 is 0 Å². The fourth-order valence-electron chi connectivity index (χ4n) is 3.75. The minimum atomic E-state index is -3.28. The number of anilines is 1. The van der Waals surface area contributed by atoms with Crippen LogP contribution in [0.2, 0.25) is 0 Å². The van der Waals surface area contributed by atoms with Crippen LogP contribution in [0, 0.1) is 0 Å². The number of carbonyl (C=O) groups excluding carboxylic acids is 1. The highest BCUT2D eigenvalue weighted by Gasteiger charge is 2.39. The van der Waals surface area contributed by atoms with E-state index in [0.29, 0.717) is 22.6 Å².